The van der Waals surface area contributed by atoms with Crippen molar-refractivity contribution in [2.24, 2.45) is 5.73 Å². The summed E-state index contributed by atoms with van der Waals surface area (Å²) in [4.78, 5) is 4.46. The third kappa shape index (κ3) is 2.26. The summed E-state index contributed by atoms with van der Waals surface area (Å²) in [6.07, 6.45) is 0. The van der Waals surface area contributed by atoms with E-state index in [0.717, 1.165) is 25.8 Å². The lowest BCUT2D eigenvalue weighted by Gasteiger charge is -2.01. The number of benzene rings is 1. The Bertz CT molecular complexity index is 481. The smallest absolute Gasteiger partial charge is 0.118 e. The van der Waals surface area contributed by atoms with E-state index in [2.05, 4.69) is 20.9 Å². The van der Waals surface area contributed by atoms with E-state index in [-0.39, 0.29) is 0 Å². The Morgan fingerprint density at radius 1 is 1.38 bits per heavy atom. The second kappa shape index (κ2) is 4.95. The summed E-state index contributed by atoms with van der Waals surface area (Å²) in [7, 11) is 1.65. The predicted molar refractivity (Wildman–Crippen MR) is 69.7 cm³/mol. The van der Waals surface area contributed by atoms with Crippen LogP contribution in [-0.2, 0) is 6.54 Å². The monoisotopic (exact) mass is 298 g/mol. The number of nitrogens with zero attached hydrogens (tertiary/aromatic N) is 1. The standard InChI is InChI=1S/C11H11BrN2OS/c1-15-8-4-2-7(3-5-8)10-11(12)16-9(6-13)14-10/h2-5H,6,13H2,1H3. The average Bonchev–Trinajstić information content (AvgIpc) is 2.71. The second-order valence-corrected chi connectivity index (χ2v) is 5.56. The molecule has 0 unspecified atom stereocenters. The van der Waals surface area contributed by atoms with E-state index in [4.69, 9.17) is 10.5 Å². The van der Waals surface area contributed by atoms with Crippen molar-refractivity contribution in [3.05, 3.63) is 33.1 Å². The van der Waals surface area contributed by atoms with Crippen LogP contribution in [0.25, 0.3) is 11.3 Å². The van der Waals surface area contributed by atoms with E-state index in [0.29, 0.717) is 6.54 Å². The molecule has 0 aliphatic carbocycles. The van der Waals surface area contributed by atoms with Gasteiger partial charge < -0.3 is 10.5 Å². The molecule has 5 heteroatoms. The Morgan fingerprint density at radius 2 is 2.06 bits per heavy atom. The van der Waals surface area contributed by atoms with Gasteiger partial charge in [0.05, 0.1) is 16.6 Å². The van der Waals surface area contributed by atoms with E-state index < -0.39 is 0 Å². The molecule has 0 saturated carbocycles. The molecule has 84 valence electrons. The highest BCUT2D eigenvalue weighted by atomic mass is 79.9. The highest BCUT2D eigenvalue weighted by molar-refractivity contribution is 9.11. The van der Waals surface area contributed by atoms with Crippen molar-refractivity contribution in [2.75, 3.05) is 7.11 Å². The van der Waals surface area contributed by atoms with Crippen LogP contribution in [0.2, 0.25) is 0 Å². The topological polar surface area (TPSA) is 48.1 Å². The van der Waals surface area contributed by atoms with Crippen LogP contribution in [-0.4, -0.2) is 12.1 Å². The van der Waals surface area contributed by atoms with Gasteiger partial charge in [0.25, 0.3) is 0 Å². The minimum absolute atomic E-state index is 0.472. The first-order valence-electron chi connectivity index (χ1n) is 4.74. The molecule has 0 radical (unpaired) electrons. The molecule has 0 aliphatic rings. The first-order chi connectivity index (χ1) is 7.74. The lowest BCUT2D eigenvalue weighted by molar-refractivity contribution is 0.415. The Kier molecular flexibility index (Phi) is 3.58. The number of hydrogen-bond acceptors (Lipinski definition) is 4. The highest BCUT2D eigenvalue weighted by Crippen LogP contribution is 2.33. The van der Waals surface area contributed by atoms with Gasteiger partial charge in [-0.05, 0) is 40.2 Å². The zero-order chi connectivity index (χ0) is 11.5. The summed E-state index contributed by atoms with van der Waals surface area (Å²) in [6.45, 7) is 0.472. The van der Waals surface area contributed by atoms with Crippen molar-refractivity contribution in [2.45, 2.75) is 6.54 Å². The summed E-state index contributed by atoms with van der Waals surface area (Å²) < 4.78 is 6.12. The summed E-state index contributed by atoms with van der Waals surface area (Å²) in [5, 5.41) is 0.928. The molecule has 0 aliphatic heterocycles. The Labute approximate surface area is 106 Å². The van der Waals surface area contributed by atoms with Gasteiger partial charge in [-0.3, -0.25) is 0 Å². The van der Waals surface area contributed by atoms with Crippen molar-refractivity contribution in [1.29, 1.82) is 0 Å². The van der Waals surface area contributed by atoms with Crippen molar-refractivity contribution in [3.8, 4) is 17.0 Å². The molecule has 0 spiro atoms. The fourth-order valence-corrected chi connectivity index (χ4v) is 2.92. The molecule has 16 heavy (non-hydrogen) atoms. The van der Waals surface area contributed by atoms with Crippen molar-refractivity contribution in [1.82, 2.24) is 4.98 Å². The third-order valence-electron chi connectivity index (χ3n) is 2.17. The molecule has 2 N–H and O–H groups in total. The number of rotatable bonds is 3. The van der Waals surface area contributed by atoms with Crippen LogP contribution in [0.5, 0.6) is 5.75 Å². The Morgan fingerprint density at radius 3 is 2.56 bits per heavy atom. The molecule has 0 saturated heterocycles. The third-order valence-corrected chi connectivity index (χ3v) is 3.90. The van der Waals surface area contributed by atoms with Crippen molar-refractivity contribution >= 4 is 27.3 Å². The minimum Gasteiger partial charge on any atom is -0.497 e. The van der Waals surface area contributed by atoms with Gasteiger partial charge in [-0.2, -0.15) is 0 Å². The number of thiazole rings is 1. The van der Waals surface area contributed by atoms with Gasteiger partial charge in [0.1, 0.15) is 10.8 Å². The van der Waals surface area contributed by atoms with Crippen molar-refractivity contribution in [3.63, 3.8) is 0 Å². The number of halogens is 1. The molecule has 1 aromatic heterocycles. The lowest BCUT2D eigenvalue weighted by atomic mass is 10.2. The number of aromatic nitrogens is 1. The molecule has 0 amide bonds. The van der Waals surface area contributed by atoms with Gasteiger partial charge >= 0.3 is 0 Å². The van der Waals surface area contributed by atoms with Gasteiger partial charge in [-0.15, -0.1) is 11.3 Å². The average molecular weight is 299 g/mol. The first-order valence-corrected chi connectivity index (χ1v) is 6.35. The normalized spacial score (nSPS) is 10.4. The summed E-state index contributed by atoms with van der Waals surface area (Å²) in [5.74, 6) is 0.842. The van der Waals surface area contributed by atoms with E-state index in [1.54, 1.807) is 18.4 Å². The number of ether oxygens (including phenoxy) is 1. The van der Waals surface area contributed by atoms with Crippen LogP contribution in [0, 0.1) is 0 Å². The maximum atomic E-state index is 5.56. The maximum Gasteiger partial charge on any atom is 0.118 e. The maximum absolute atomic E-state index is 5.56. The number of nitrogens with two attached hydrogens (primary N) is 1. The quantitative estimate of drug-likeness (QED) is 0.947. The van der Waals surface area contributed by atoms with Crippen molar-refractivity contribution < 1.29 is 4.74 Å². The highest BCUT2D eigenvalue weighted by Gasteiger charge is 2.09. The van der Waals surface area contributed by atoms with Crippen LogP contribution in [0.4, 0.5) is 0 Å². The second-order valence-electron chi connectivity index (χ2n) is 3.16. The zero-order valence-electron chi connectivity index (χ0n) is 8.74. The molecule has 1 aromatic carbocycles. The van der Waals surface area contributed by atoms with Crippen LogP contribution in [0.3, 0.4) is 0 Å². The summed E-state index contributed by atoms with van der Waals surface area (Å²) in [6, 6.07) is 7.81. The molecular weight excluding hydrogens is 288 g/mol. The molecular formula is C11H11BrN2OS. The molecule has 2 aromatic rings. The SMILES string of the molecule is COc1ccc(-c2nc(CN)sc2Br)cc1. The van der Waals surface area contributed by atoms with Gasteiger partial charge in [-0.25, -0.2) is 4.98 Å². The minimum atomic E-state index is 0.472. The van der Waals surface area contributed by atoms with Crippen LogP contribution < -0.4 is 10.5 Å². The van der Waals surface area contributed by atoms with E-state index in [1.807, 2.05) is 24.3 Å². The molecule has 1 heterocycles. The largest absolute Gasteiger partial charge is 0.497 e. The van der Waals surface area contributed by atoms with Gasteiger partial charge in [0.15, 0.2) is 0 Å². The lowest BCUT2D eigenvalue weighted by Crippen LogP contribution is -1.94. The molecule has 0 fully saturated rings. The van der Waals surface area contributed by atoms with Gasteiger partial charge in [-0.1, -0.05) is 0 Å². The molecule has 0 atom stereocenters. The summed E-state index contributed by atoms with van der Waals surface area (Å²) in [5.41, 5.74) is 7.56. The Hall–Kier alpha value is -0.910. The Balaban J connectivity index is 2.38. The van der Waals surface area contributed by atoms with E-state index in [9.17, 15) is 0 Å². The van der Waals surface area contributed by atoms with Crippen LogP contribution in [0.15, 0.2) is 28.1 Å². The molecule has 0 bridgehead atoms. The number of hydrogen-bond donors (Lipinski definition) is 1. The fourth-order valence-electron chi connectivity index (χ4n) is 1.36. The molecule has 3 nitrogen and oxygen atoms in total. The fraction of sp³-hybridized carbons (Fsp3) is 0.182. The van der Waals surface area contributed by atoms with Crippen LogP contribution >= 0.6 is 27.3 Å². The zero-order valence-corrected chi connectivity index (χ0v) is 11.1. The van der Waals surface area contributed by atoms with E-state index in [1.165, 1.54) is 0 Å². The van der Waals surface area contributed by atoms with Crippen LogP contribution in [0.1, 0.15) is 5.01 Å². The van der Waals surface area contributed by atoms with Gasteiger partial charge in [0, 0.05) is 12.1 Å². The van der Waals surface area contributed by atoms with E-state index >= 15 is 0 Å². The van der Waals surface area contributed by atoms with Gasteiger partial charge in [0.2, 0.25) is 0 Å². The first kappa shape index (κ1) is 11.6. The molecule has 2 rings (SSSR count). The number of methoxy groups -OCH3 is 1. The predicted octanol–water partition coefficient (Wildman–Crippen LogP) is 3.04. The summed E-state index contributed by atoms with van der Waals surface area (Å²) >= 11 is 5.07.